The molecule has 0 heterocycles. The van der Waals surface area contributed by atoms with Crippen LogP contribution in [0.4, 0.5) is 0 Å². The second kappa shape index (κ2) is 6.64. The van der Waals surface area contributed by atoms with Crippen LogP contribution in [0.3, 0.4) is 0 Å². The molecule has 0 bridgehead atoms. The van der Waals surface area contributed by atoms with Gasteiger partial charge < -0.3 is 9.47 Å². The van der Waals surface area contributed by atoms with Crippen LogP contribution in [0.2, 0.25) is 10.0 Å². The van der Waals surface area contributed by atoms with Crippen molar-refractivity contribution < 1.29 is 14.3 Å². The minimum atomic E-state index is -0.440. The Kier molecular flexibility index (Phi) is 4.88. The van der Waals surface area contributed by atoms with Crippen molar-refractivity contribution in [3.8, 4) is 5.75 Å². The van der Waals surface area contributed by atoms with Gasteiger partial charge in [-0.3, -0.25) is 0 Å². The van der Waals surface area contributed by atoms with Crippen LogP contribution < -0.4 is 4.74 Å². The monoisotopic (exact) mass is 310 g/mol. The molecule has 0 aromatic heterocycles. The van der Waals surface area contributed by atoms with Crippen molar-refractivity contribution in [2.45, 2.75) is 6.61 Å². The smallest absolute Gasteiger partial charge is 0.337 e. The Bertz CT molecular complexity index is 626. The van der Waals surface area contributed by atoms with E-state index in [0.717, 1.165) is 5.56 Å². The van der Waals surface area contributed by atoms with E-state index in [9.17, 15) is 4.79 Å². The lowest BCUT2D eigenvalue weighted by Crippen LogP contribution is -2.02. The highest BCUT2D eigenvalue weighted by Crippen LogP contribution is 2.27. The lowest BCUT2D eigenvalue weighted by atomic mass is 10.2. The van der Waals surface area contributed by atoms with Gasteiger partial charge in [-0.05, 0) is 24.3 Å². The first-order valence-corrected chi connectivity index (χ1v) is 6.61. The molecule has 0 atom stereocenters. The summed E-state index contributed by atoms with van der Waals surface area (Å²) < 4.78 is 10.2. The van der Waals surface area contributed by atoms with Crippen molar-refractivity contribution in [2.24, 2.45) is 0 Å². The van der Waals surface area contributed by atoms with Crippen molar-refractivity contribution in [2.75, 3.05) is 7.11 Å². The highest BCUT2D eigenvalue weighted by atomic mass is 35.5. The third-order valence-electron chi connectivity index (χ3n) is 2.69. The van der Waals surface area contributed by atoms with Crippen LogP contribution >= 0.6 is 23.2 Å². The summed E-state index contributed by atoms with van der Waals surface area (Å²) in [6.07, 6.45) is 0. The Hall–Kier alpha value is -1.71. The van der Waals surface area contributed by atoms with E-state index in [1.165, 1.54) is 13.2 Å². The normalized spacial score (nSPS) is 10.2. The van der Waals surface area contributed by atoms with Crippen molar-refractivity contribution in [3.63, 3.8) is 0 Å². The third kappa shape index (κ3) is 3.44. The average Bonchev–Trinajstić information content (AvgIpc) is 2.46. The molecule has 2 aromatic rings. The van der Waals surface area contributed by atoms with Gasteiger partial charge in [0, 0.05) is 10.6 Å². The Labute approximate surface area is 127 Å². The van der Waals surface area contributed by atoms with Gasteiger partial charge in [-0.2, -0.15) is 0 Å². The SMILES string of the molecule is COC(=O)c1ccc(OCc2ccccc2Cl)c(Cl)c1. The van der Waals surface area contributed by atoms with E-state index in [1.807, 2.05) is 18.2 Å². The number of benzene rings is 2. The minimum absolute atomic E-state index is 0.303. The minimum Gasteiger partial charge on any atom is -0.487 e. The Morgan fingerprint density at radius 1 is 1.10 bits per heavy atom. The van der Waals surface area contributed by atoms with Gasteiger partial charge in [0.15, 0.2) is 0 Å². The number of halogens is 2. The summed E-state index contributed by atoms with van der Waals surface area (Å²) in [7, 11) is 1.32. The number of hydrogen-bond acceptors (Lipinski definition) is 3. The van der Waals surface area contributed by atoms with Crippen molar-refractivity contribution in [3.05, 3.63) is 63.6 Å². The molecular weight excluding hydrogens is 299 g/mol. The number of ether oxygens (including phenoxy) is 2. The van der Waals surface area contributed by atoms with Crippen LogP contribution in [0.5, 0.6) is 5.75 Å². The van der Waals surface area contributed by atoms with Crippen LogP contribution in [0, 0.1) is 0 Å². The lowest BCUT2D eigenvalue weighted by molar-refractivity contribution is 0.0600. The predicted octanol–water partition coefficient (Wildman–Crippen LogP) is 4.36. The van der Waals surface area contributed by atoms with E-state index in [0.29, 0.717) is 28.0 Å². The van der Waals surface area contributed by atoms with E-state index in [1.54, 1.807) is 18.2 Å². The Balaban J connectivity index is 2.11. The summed E-state index contributed by atoms with van der Waals surface area (Å²) in [5.74, 6) is 0.0452. The second-order valence-electron chi connectivity index (χ2n) is 4.02. The summed E-state index contributed by atoms with van der Waals surface area (Å²) >= 11 is 12.1. The molecule has 0 spiro atoms. The molecule has 5 heteroatoms. The summed E-state index contributed by atoms with van der Waals surface area (Å²) in [6, 6.07) is 12.1. The molecular formula is C15H12Cl2O3. The van der Waals surface area contributed by atoms with E-state index in [4.69, 9.17) is 27.9 Å². The second-order valence-corrected chi connectivity index (χ2v) is 4.83. The molecule has 2 aromatic carbocycles. The van der Waals surface area contributed by atoms with Gasteiger partial charge in [-0.1, -0.05) is 41.4 Å². The van der Waals surface area contributed by atoms with Crippen LogP contribution in [0.15, 0.2) is 42.5 Å². The molecule has 0 aliphatic carbocycles. The van der Waals surface area contributed by atoms with Crippen molar-refractivity contribution in [1.29, 1.82) is 0 Å². The first kappa shape index (κ1) is 14.7. The molecule has 104 valence electrons. The summed E-state index contributed by atoms with van der Waals surface area (Å²) in [5.41, 5.74) is 1.24. The number of hydrogen-bond donors (Lipinski definition) is 0. The van der Waals surface area contributed by atoms with E-state index in [2.05, 4.69) is 4.74 Å². The van der Waals surface area contributed by atoms with E-state index < -0.39 is 5.97 Å². The molecule has 0 amide bonds. The molecule has 2 rings (SSSR count). The van der Waals surface area contributed by atoms with E-state index >= 15 is 0 Å². The van der Waals surface area contributed by atoms with Gasteiger partial charge in [0.05, 0.1) is 17.7 Å². The molecule has 0 radical (unpaired) electrons. The Morgan fingerprint density at radius 3 is 2.50 bits per heavy atom. The molecule has 0 aliphatic rings. The van der Waals surface area contributed by atoms with Crippen LogP contribution in [-0.4, -0.2) is 13.1 Å². The largest absolute Gasteiger partial charge is 0.487 e. The molecule has 0 unspecified atom stereocenters. The number of rotatable bonds is 4. The quantitative estimate of drug-likeness (QED) is 0.787. The van der Waals surface area contributed by atoms with Crippen LogP contribution in [0.1, 0.15) is 15.9 Å². The van der Waals surface area contributed by atoms with Crippen molar-refractivity contribution >= 4 is 29.2 Å². The number of carbonyl (C=O) groups is 1. The maximum absolute atomic E-state index is 11.4. The molecule has 3 nitrogen and oxygen atoms in total. The Morgan fingerprint density at radius 2 is 1.85 bits per heavy atom. The fourth-order valence-electron chi connectivity index (χ4n) is 1.63. The van der Waals surface area contributed by atoms with Crippen LogP contribution in [0.25, 0.3) is 0 Å². The zero-order valence-corrected chi connectivity index (χ0v) is 12.2. The third-order valence-corrected chi connectivity index (χ3v) is 3.36. The maximum atomic E-state index is 11.4. The average molecular weight is 311 g/mol. The highest BCUT2D eigenvalue weighted by Gasteiger charge is 2.10. The zero-order chi connectivity index (χ0) is 14.5. The molecule has 0 aliphatic heterocycles. The maximum Gasteiger partial charge on any atom is 0.337 e. The van der Waals surface area contributed by atoms with E-state index in [-0.39, 0.29) is 0 Å². The number of carbonyl (C=O) groups excluding carboxylic acids is 1. The number of methoxy groups -OCH3 is 1. The van der Waals surface area contributed by atoms with Gasteiger partial charge >= 0.3 is 5.97 Å². The summed E-state index contributed by atoms with van der Waals surface area (Å²) in [5, 5.41) is 0.981. The van der Waals surface area contributed by atoms with Crippen molar-refractivity contribution in [1.82, 2.24) is 0 Å². The van der Waals surface area contributed by atoms with Gasteiger partial charge in [-0.25, -0.2) is 4.79 Å². The van der Waals surface area contributed by atoms with Gasteiger partial charge in [0.25, 0.3) is 0 Å². The molecule has 0 N–H and O–H groups in total. The summed E-state index contributed by atoms with van der Waals surface area (Å²) in [4.78, 5) is 11.4. The zero-order valence-electron chi connectivity index (χ0n) is 10.7. The van der Waals surface area contributed by atoms with Gasteiger partial charge in [0.2, 0.25) is 0 Å². The predicted molar refractivity (Wildman–Crippen MR) is 78.6 cm³/mol. The molecule has 0 fully saturated rings. The topological polar surface area (TPSA) is 35.5 Å². The number of esters is 1. The fourth-order valence-corrected chi connectivity index (χ4v) is 2.06. The van der Waals surface area contributed by atoms with Crippen LogP contribution in [-0.2, 0) is 11.3 Å². The molecule has 0 saturated heterocycles. The standard InChI is InChI=1S/C15H12Cl2O3/c1-19-15(18)10-6-7-14(13(17)8-10)20-9-11-4-2-3-5-12(11)16/h2-8H,9H2,1H3. The highest BCUT2D eigenvalue weighted by molar-refractivity contribution is 6.32. The fraction of sp³-hybridized carbons (Fsp3) is 0.133. The molecule has 20 heavy (non-hydrogen) atoms. The first-order valence-electron chi connectivity index (χ1n) is 5.86. The molecule has 0 saturated carbocycles. The van der Waals surface area contributed by atoms with Gasteiger partial charge in [0.1, 0.15) is 12.4 Å². The summed E-state index contributed by atoms with van der Waals surface area (Å²) in [6.45, 7) is 0.303. The lowest BCUT2D eigenvalue weighted by Gasteiger charge is -2.10. The first-order chi connectivity index (χ1) is 9.61. The van der Waals surface area contributed by atoms with Gasteiger partial charge in [-0.15, -0.1) is 0 Å².